The van der Waals surface area contributed by atoms with Gasteiger partial charge in [-0.3, -0.25) is 9.59 Å². The molecular weight excluding hydrogens is 350 g/mol. The Morgan fingerprint density at radius 3 is 2.33 bits per heavy atom. The first-order valence-electron chi connectivity index (χ1n) is 7.10. The number of rotatable bonds is 7. The highest BCUT2D eigenvalue weighted by molar-refractivity contribution is 7.98. The fourth-order valence-electron chi connectivity index (χ4n) is 1.85. The van der Waals surface area contributed by atoms with Crippen LogP contribution in [0.2, 0.25) is 0 Å². The predicted molar refractivity (Wildman–Crippen MR) is 100.0 cm³/mol. The molecule has 1 atom stereocenters. The lowest BCUT2D eigenvalue weighted by Gasteiger charge is -2.12. The van der Waals surface area contributed by atoms with E-state index < -0.39 is 6.04 Å². The van der Waals surface area contributed by atoms with Crippen molar-refractivity contribution in [2.75, 3.05) is 22.6 Å². The standard InChI is InChI=1S/C16H19N3O3S.ClH/c1-23-10-8-13(17)15(20)18-11-4-6-12(7-5-11)19-16(21)14-3-2-9-22-14;/h2-7,9,13H,8,10,17H2,1H3,(H,18,20)(H,19,21);1H/t13-;/m0./s1. The maximum atomic E-state index is 11.9. The Kier molecular flexibility index (Phi) is 8.39. The molecule has 0 radical (unpaired) electrons. The Morgan fingerprint density at radius 1 is 1.17 bits per heavy atom. The summed E-state index contributed by atoms with van der Waals surface area (Å²) in [4.78, 5) is 23.7. The van der Waals surface area contributed by atoms with Gasteiger partial charge < -0.3 is 20.8 Å². The van der Waals surface area contributed by atoms with Crippen LogP contribution in [-0.4, -0.2) is 29.9 Å². The molecule has 0 saturated carbocycles. The lowest BCUT2D eigenvalue weighted by Crippen LogP contribution is -2.36. The summed E-state index contributed by atoms with van der Waals surface area (Å²) in [7, 11) is 0. The Morgan fingerprint density at radius 2 is 1.79 bits per heavy atom. The summed E-state index contributed by atoms with van der Waals surface area (Å²) in [6.07, 6.45) is 4.04. The molecule has 1 heterocycles. The van der Waals surface area contributed by atoms with Gasteiger partial charge in [0.15, 0.2) is 5.76 Å². The van der Waals surface area contributed by atoms with Gasteiger partial charge in [-0.1, -0.05) is 0 Å². The first-order valence-corrected chi connectivity index (χ1v) is 8.50. The van der Waals surface area contributed by atoms with Crippen molar-refractivity contribution in [1.82, 2.24) is 0 Å². The molecule has 2 amide bonds. The molecule has 2 rings (SSSR count). The van der Waals surface area contributed by atoms with Gasteiger partial charge in [-0.05, 0) is 54.8 Å². The Bertz CT molecular complexity index is 647. The lowest BCUT2D eigenvalue weighted by molar-refractivity contribution is -0.117. The van der Waals surface area contributed by atoms with Crippen molar-refractivity contribution in [2.24, 2.45) is 5.73 Å². The lowest BCUT2D eigenvalue weighted by atomic mass is 10.2. The molecule has 1 aromatic carbocycles. The van der Waals surface area contributed by atoms with Gasteiger partial charge in [0.25, 0.3) is 5.91 Å². The molecule has 8 heteroatoms. The summed E-state index contributed by atoms with van der Waals surface area (Å²) in [5.41, 5.74) is 7.05. The topological polar surface area (TPSA) is 97.4 Å². The number of halogens is 1. The third kappa shape index (κ3) is 5.92. The zero-order valence-corrected chi connectivity index (χ0v) is 14.8. The number of hydrogen-bond donors (Lipinski definition) is 3. The first kappa shape index (κ1) is 20.1. The van der Waals surface area contributed by atoms with Crippen LogP contribution < -0.4 is 16.4 Å². The minimum atomic E-state index is -0.527. The molecular formula is C16H20ClN3O3S. The van der Waals surface area contributed by atoms with E-state index in [2.05, 4.69) is 10.6 Å². The Balaban J connectivity index is 0.00000288. The van der Waals surface area contributed by atoms with Crippen molar-refractivity contribution in [2.45, 2.75) is 12.5 Å². The number of amides is 2. The number of carbonyl (C=O) groups is 2. The van der Waals surface area contributed by atoms with E-state index in [4.69, 9.17) is 10.2 Å². The van der Waals surface area contributed by atoms with E-state index in [0.717, 1.165) is 5.75 Å². The van der Waals surface area contributed by atoms with Crippen LogP contribution in [0, 0.1) is 0 Å². The minimum absolute atomic E-state index is 0. The predicted octanol–water partition coefficient (Wildman–Crippen LogP) is 2.97. The van der Waals surface area contributed by atoms with Crippen molar-refractivity contribution < 1.29 is 14.0 Å². The summed E-state index contributed by atoms with van der Waals surface area (Å²) >= 11 is 1.65. The van der Waals surface area contributed by atoms with Gasteiger partial charge in [-0.25, -0.2) is 0 Å². The van der Waals surface area contributed by atoms with Crippen LogP contribution in [0.1, 0.15) is 17.0 Å². The highest BCUT2D eigenvalue weighted by Gasteiger charge is 2.13. The Labute approximate surface area is 151 Å². The zero-order chi connectivity index (χ0) is 16.7. The second-order valence-electron chi connectivity index (χ2n) is 4.89. The van der Waals surface area contributed by atoms with Crippen molar-refractivity contribution in [3.05, 3.63) is 48.4 Å². The largest absolute Gasteiger partial charge is 0.459 e. The van der Waals surface area contributed by atoms with Crippen molar-refractivity contribution in [3.8, 4) is 0 Å². The second kappa shape index (κ2) is 10.0. The van der Waals surface area contributed by atoms with Crippen LogP contribution in [-0.2, 0) is 4.79 Å². The number of benzene rings is 1. The average Bonchev–Trinajstić information content (AvgIpc) is 3.09. The van der Waals surface area contributed by atoms with Gasteiger partial charge in [0.1, 0.15) is 0 Å². The Hall–Kier alpha value is -1.96. The molecule has 0 aliphatic heterocycles. The number of hydrogen-bond acceptors (Lipinski definition) is 5. The van der Waals surface area contributed by atoms with Gasteiger partial charge in [-0.2, -0.15) is 11.8 Å². The third-order valence-corrected chi connectivity index (χ3v) is 3.77. The maximum absolute atomic E-state index is 11.9. The van der Waals surface area contributed by atoms with Crippen molar-refractivity contribution in [3.63, 3.8) is 0 Å². The van der Waals surface area contributed by atoms with Crippen LogP contribution in [0.25, 0.3) is 0 Å². The van der Waals surface area contributed by atoms with E-state index in [-0.39, 0.29) is 30.0 Å². The number of anilines is 2. The molecule has 24 heavy (non-hydrogen) atoms. The highest BCUT2D eigenvalue weighted by Crippen LogP contribution is 2.15. The summed E-state index contributed by atoms with van der Waals surface area (Å²) in [6, 6.07) is 9.51. The monoisotopic (exact) mass is 369 g/mol. The number of nitrogens with one attached hydrogen (secondary N) is 2. The molecule has 0 aliphatic carbocycles. The minimum Gasteiger partial charge on any atom is -0.459 e. The van der Waals surface area contributed by atoms with Crippen LogP contribution in [0.4, 0.5) is 11.4 Å². The molecule has 0 aliphatic rings. The normalized spacial score (nSPS) is 11.2. The molecule has 2 aromatic rings. The fraction of sp³-hybridized carbons (Fsp3) is 0.250. The highest BCUT2D eigenvalue weighted by atomic mass is 35.5. The van der Waals surface area contributed by atoms with Gasteiger partial charge in [0, 0.05) is 11.4 Å². The molecule has 4 N–H and O–H groups in total. The molecule has 0 unspecified atom stereocenters. The molecule has 0 bridgehead atoms. The summed E-state index contributed by atoms with van der Waals surface area (Å²) in [6.45, 7) is 0. The molecule has 0 spiro atoms. The summed E-state index contributed by atoms with van der Waals surface area (Å²) in [5, 5.41) is 5.46. The van der Waals surface area contributed by atoms with Crippen LogP contribution in [0.15, 0.2) is 47.1 Å². The van der Waals surface area contributed by atoms with E-state index in [1.165, 1.54) is 6.26 Å². The van der Waals surface area contributed by atoms with E-state index >= 15 is 0 Å². The van der Waals surface area contributed by atoms with Crippen LogP contribution >= 0.6 is 24.2 Å². The number of thioether (sulfide) groups is 1. The van der Waals surface area contributed by atoms with Crippen molar-refractivity contribution >= 4 is 47.4 Å². The van der Waals surface area contributed by atoms with Gasteiger partial charge in [0.2, 0.25) is 5.91 Å². The SMILES string of the molecule is CSCC[C@H](N)C(=O)Nc1ccc(NC(=O)c2ccco2)cc1.Cl. The number of nitrogens with two attached hydrogens (primary N) is 1. The number of furan rings is 1. The van der Waals surface area contributed by atoms with E-state index in [1.807, 2.05) is 6.26 Å². The fourth-order valence-corrected chi connectivity index (χ4v) is 2.34. The summed E-state index contributed by atoms with van der Waals surface area (Å²) < 4.78 is 5.02. The van der Waals surface area contributed by atoms with Gasteiger partial charge >= 0.3 is 0 Å². The molecule has 130 valence electrons. The quantitative estimate of drug-likeness (QED) is 0.697. The number of carbonyl (C=O) groups excluding carboxylic acids is 2. The van der Waals surface area contributed by atoms with Crippen LogP contribution in [0.3, 0.4) is 0 Å². The van der Waals surface area contributed by atoms with Crippen molar-refractivity contribution in [1.29, 1.82) is 0 Å². The van der Waals surface area contributed by atoms with E-state index in [0.29, 0.717) is 17.8 Å². The molecule has 6 nitrogen and oxygen atoms in total. The van der Waals surface area contributed by atoms with Crippen LogP contribution in [0.5, 0.6) is 0 Å². The zero-order valence-electron chi connectivity index (χ0n) is 13.2. The molecule has 0 saturated heterocycles. The molecule has 1 aromatic heterocycles. The van der Waals surface area contributed by atoms with E-state index in [9.17, 15) is 9.59 Å². The maximum Gasteiger partial charge on any atom is 0.291 e. The van der Waals surface area contributed by atoms with Gasteiger partial charge in [0.05, 0.1) is 12.3 Å². The van der Waals surface area contributed by atoms with Gasteiger partial charge in [-0.15, -0.1) is 12.4 Å². The summed E-state index contributed by atoms with van der Waals surface area (Å²) in [5.74, 6) is 0.534. The van der Waals surface area contributed by atoms with E-state index in [1.54, 1.807) is 48.2 Å². The molecule has 0 fully saturated rings. The third-order valence-electron chi connectivity index (χ3n) is 3.13. The second-order valence-corrected chi connectivity index (χ2v) is 5.87. The smallest absolute Gasteiger partial charge is 0.291 e. The average molecular weight is 370 g/mol. The first-order chi connectivity index (χ1) is 11.1.